The third-order valence-electron chi connectivity index (χ3n) is 4.05. The number of nitrogens with zero attached hydrogens (tertiary/aromatic N) is 2. The van der Waals surface area contributed by atoms with Gasteiger partial charge in [-0.15, -0.1) is 0 Å². The summed E-state index contributed by atoms with van der Waals surface area (Å²) in [6, 6.07) is 0.228. The van der Waals surface area contributed by atoms with Gasteiger partial charge >= 0.3 is 0 Å². The van der Waals surface area contributed by atoms with Crippen molar-refractivity contribution in [2.75, 3.05) is 26.2 Å². The minimum Gasteiger partial charge on any atom is -0.396 e. The Kier molecular flexibility index (Phi) is 5.22. The van der Waals surface area contributed by atoms with Gasteiger partial charge in [0.1, 0.15) is 0 Å². The Labute approximate surface area is 116 Å². The van der Waals surface area contributed by atoms with Crippen molar-refractivity contribution in [3.8, 4) is 0 Å². The summed E-state index contributed by atoms with van der Waals surface area (Å²) in [5.41, 5.74) is 0. The summed E-state index contributed by atoms with van der Waals surface area (Å²) in [7, 11) is -3.32. The average Bonchev–Trinajstić information content (AvgIpc) is 3.23. The minimum absolute atomic E-state index is 0.0877. The molecule has 1 aliphatic carbocycles. The molecule has 1 aliphatic heterocycles. The Balaban J connectivity index is 2.05. The smallest absolute Gasteiger partial charge is 0.282 e. The molecule has 0 spiro atoms. The SMILES string of the molecule is CCCCN(C1CC1)S(=O)(=O)N1CCCC(CO)C1. The average molecular weight is 290 g/mol. The van der Waals surface area contributed by atoms with Gasteiger partial charge < -0.3 is 5.11 Å². The van der Waals surface area contributed by atoms with Gasteiger partial charge in [0.2, 0.25) is 0 Å². The lowest BCUT2D eigenvalue weighted by molar-refractivity contribution is 0.160. The molecule has 1 saturated carbocycles. The van der Waals surface area contributed by atoms with Crippen LogP contribution in [0, 0.1) is 5.92 Å². The molecule has 19 heavy (non-hydrogen) atoms. The van der Waals surface area contributed by atoms with Crippen LogP contribution in [-0.4, -0.2) is 54.4 Å². The van der Waals surface area contributed by atoms with E-state index < -0.39 is 10.2 Å². The van der Waals surface area contributed by atoms with Crippen molar-refractivity contribution >= 4 is 10.2 Å². The maximum atomic E-state index is 12.7. The van der Waals surface area contributed by atoms with Crippen LogP contribution in [-0.2, 0) is 10.2 Å². The molecule has 2 aliphatic rings. The van der Waals surface area contributed by atoms with E-state index in [9.17, 15) is 13.5 Å². The summed E-state index contributed by atoms with van der Waals surface area (Å²) >= 11 is 0. The lowest BCUT2D eigenvalue weighted by Crippen LogP contribution is -2.49. The van der Waals surface area contributed by atoms with Crippen LogP contribution in [0.25, 0.3) is 0 Å². The number of unbranched alkanes of at least 4 members (excludes halogenated alkanes) is 1. The number of hydrogen-bond donors (Lipinski definition) is 1. The molecule has 1 saturated heterocycles. The molecule has 1 N–H and O–H groups in total. The van der Waals surface area contributed by atoms with Crippen LogP contribution in [0.5, 0.6) is 0 Å². The quantitative estimate of drug-likeness (QED) is 0.766. The monoisotopic (exact) mass is 290 g/mol. The van der Waals surface area contributed by atoms with Gasteiger partial charge in [0.15, 0.2) is 0 Å². The van der Waals surface area contributed by atoms with E-state index in [4.69, 9.17) is 0 Å². The Bertz CT molecular complexity index is 381. The van der Waals surface area contributed by atoms with Crippen molar-refractivity contribution in [3.63, 3.8) is 0 Å². The normalized spacial score (nSPS) is 25.9. The topological polar surface area (TPSA) is 60.9 Å². The van der Waals surface area contributed by atoms with Crippen molar-refractivity contribution in [1.82, 2.24) is 8.61 Å². The summed E-state index contributed by atoms with van der Waals surface area (Å²) < 4.78 is 28.7. The van der Waals surface area contributed by atoms with E-state index in [0.717, 1.165) is 38.5 Å². The predicted octanol–water partition coefficient (Wildman–Crippen LogP) is 1.20. The van der Waals surface area contributed by atoms with Gasteiger partial charge in [-0.3, -0.25) is 0 Å². The zero-order valence-corrected chi connectivity index (χ0v) is 12.6. The maximum Gasteiger partial charge on any atom is 0.282 e. The number of piperidine rings is 1. The van der Waals surface area contributed by atoms with E-state index in [-0.39, 0.29) is 18.6 Å². The Morgan fingerprint density at radius 3 is 2.63 bits per heavy atom. The second-order valence-electron chi connectivity index (χ2n) is 5.75. The molecule has 1 heterocycles. The third kappa shape index (κ3) is 3.68. The molecular formula is C13H26N2O3S. The molecule has 1 unspecified atom stereocenters. The molecule has 0 radical (unpaired) electrons. The second kappa shape index (κ2) is 6.52. The van der Waals surface area contributed by atoms with E-state index in [0.29, 0.717) is 19.6 Å². The molecular weight excluding hydrogens is 264 g/mol. The highest BCUT2D eigenvalue weighted by Gasteiger charge is 2.41. The van der Waals surface area contributed by atoms with Crippen molar-refractivity contribution in [3.05, 3.63) is 0 Å². The molecule has 2 fully saturated rings. The Morgan fingerprint density at radius 1 is 1.32 bits per heavy atom. The predicted molar refractivity (Wildman–Crippen MR) is 74.9 cm³/mol. The fourth-order valence-electron chi connectivity index (χ4n) is 2.70. The first-order valence-corrected chi connectivity index (χ1v) is 8.87. The van der Waals surface area contributed by atoms with E-state index in [1.165, 1.54) is 0 Å². The Hall–Kier alpha value is -0.170. The first kappa shape index (κ1) is 15.2. The van der Waals surface area contributed by atoms with Crippen molar-refractivity contribution in [2.24, 2.45) is 5.92 Å². The highest BCUT2D eigenvalue weighted by molar-refractivity contribution is 7.86. The zero-order chi connectivity index (χ0) is 13.9. The molecule has 2 rings (SSSR count). The summed E-state index contributed by atoms with van der Waals surface area (Å²) in [4.78, 5) is 0. The number of aliphatic hydroxyl groups excluding tert-OH is 1. The highest BCUT2D eigenvalue weighted by Crippen LogP contribution is 2.32. The summed E-state index contributed by atoms with van der Waals surface area (Å²) in [5.74, 6) is 0.107. The molecule has 0 amide bonds. The zero-order valence-electron chi connectivity index (χ0n) is 11.8. The van der Waals surface area contributed by atoms with Gasteiger partial charge in [-0.25, -0.2) is 0 Å². The highest BCUT2D eigenvalue weighted by atomic mass is 32.2. The van der Waals surface area contributed by atoms with E-state index in [1.807, 2.05) is 0 Å². The summed E-state index contributed by atoms with van der Waals surface area (Å²) in [6.07, 6.45) is 5.73. The van der Waals surface area contributed by atoms with Gasteiger partial charge in [-0.1, -0.05) is 13.3 Å². The second-order valence-corrected chi connectivity index (χ2v) is 7.63. The van der Waals surface area contributed by atoms with E-state index in [1.54, 1.807) is 8.61 Å². The van der Waals surface area contributed by atoms with Crippen LogP contribution < -0.4 is 0 Å². The molecule has 1 atom stereocenters. The number of aliphatic hydroxyl groups is 1. The summed E-state index contributed by atoms with van der Waals surface area (Å²) in [6.45, 7) is 3.90. The molecule has 0 aromatic heterocycles. The fraction of sp³-hybridized carbons (Fsp3) is 1.00. The van der Waals surface area contributed by atoms with E-state index in [2.05, 4.69) is 6.92 Å². The van der Waals surface area contributed by atoms with Gasteiger partial charge in [0, 0.05) is 32.3 Å². The van der Waals surface area contributed by atoms with Crippen LogP contribution >= 0.6 is 0 Å². The van der Waals surface area contributed by atoms with Crippen molar-refractivity contribution < 1.29 is 13.5 Å². The summed E-state index contributed by atoms with van der Waals surface area (Å²) in [5, 5.41) is 9.24. The molecule has 6 heteroatoms. The minimum atomic E-state index is -3.32. The number of rotatable bonds is 7. The Morgan fingerprint density at radius 2 is 2.05 bits per heavy atom. The van der Waals surface area contributed by atoms with Crippen LogP contribution in [0.2, 0.25) is 0 Å². The first-order chi connectivity index (χ1) is 9.09. The molecule has 5 nitrogen and oxygen atoms in total. The molecule has 0 aromatic carbocycles. The maximum absolute atomic E-state index is 12.7. The van der Waals surface area contributed by atoms with Gasteiger partial charge in [-0.2, -0.15) is 17.0 Å². The van der Waals surface area contributed by atoms with Crippen LogP contribution in [0.1, 0.15) is 45.4 Å². The standard InChI is InChI=1S/C13H26N2O3S/c1-2-3-9-15(13-6-7-13)19(17,18)14-8-4-5-12(10-14)11-16/h12-13,16H,2-11H2,1H3. The van der Waals surface area contributed by atoms with Crippen molar-refractivity contribution in [1.29, 1.82) is 0 Å². The lowest BCUT2D eigenvalue weighted by atomic mass is 10.0. The number of hydrogen-bond acceptors (Lipinski definition) is 3. The lowest BCUT2D eigenvalue weighted by Gasteiger charge is -2.35. The third-order valence-corrected chi connectivity index (χ3v) is 6.11. The largest absolute Gasteiger partial charge is 0.396 e. The first-order valence-electron chi connectivity index (χ1n) is 7.47. The fourth-order valence-corrected chi connectivity index (χ4v) is 4.70. The molecule has 0 bridgehead atoms. The van der Waals surface area contributed by atoms with E-state index >= 15 is 0 Å². The van der Waals surface area contributed by atoms with Gasteiger partial charge in [0.25, 0.3) is 10.2 Å². The molecule has 0 aromatic rings. The molecule has 112 valence electrons. The van der Waals surface area contributed by atoms with Crippen LogP contribution in [0.3, 0.4) is 0 Å². The van der Waals surface area contributed by atoms with Crippen LogP contribution in [0.15, 0.2) is 0 Å². The van der Waals surface area contributed by atoms with Gasteiger partial charge in [0.05, 0.1) is 0 Å². The van der Waals surface area contributed by atoms with Crippen LogP contribution in [0.4, 0.5) is 0 Å². The van der Waals surface area contributed by atoms with Gasteiger partial charge in [-0.05, 0) is 38.0 Å². The van der Waals surface area contributed by atoms with Crippen molar-refractivity contribution in [2.45, 2.75) is 51.5 Å².